The van der Waals surface area contributed by atoms with Crippen LogP contribution in [0.25, 0.3) is 0 Å². The van der Waals surface area contributed by atoms with E-state index in [1.165, 1.54) is 24.3 Å². The molecule has 0 aromatic heterocycles. The third-order valence-electron chi connectivity index (χ3n) is 4.54. The van der Waals surface area contributed by atoms with Gasteiger partial charge in [-0.25, -0.2) is 0 Å². The molecule has 0 spiro atoms. The van der Waals surface area contributed by atoms with Gasteiger partial charge in [0.1, 0.15) is 12.2 Å². The molecule has 0 bridgehead atoms. The lowest BCUT2D eigenvalue weighted by Gasteiger charge is -2.36. The Kier molecular flexibility index (Phi) is 6.63. The molecule has 0 aliphatic carbocycles. The Balaban J connectivity index is 1.78. The number of ether oxygens (including phenoxy) is 1. The molecular formula is C19H22O9S2. The van der Waals surface area contributed by atoms with Crippen molar-refractivity contribution in [2.24, 2.45) is 0 Å². The normalized spacial score (nSPS) is 25.2. The molecule has 0 unspecified atom stereocenters. The van der Waals surface area contributed by atoms with Crippen LogP contribution in [0.15, 0.2) is 58.3 Å². The molecule has 1 saturated heterocycles. The third-order valence-corrected chi connectivity index (χ3v) is 7.21. The second-order valence-electron chi connectivity index (χ2n) is 6.94. The maximum atomic E-state index is 12.5. The summed E-state index contributed by atoms with van der Waals surface area (Å²) in [6.07, 6.45) is -6.88. The zero-order valence-electron chi connectivity index (χ0n) is 16.2. The Labute approximate surface area is 175 Å². The van der Waals surface area contributed by atoms with E-state index in [0.29, 0.717) is 0 Å². The minimum absolute atomic E-state index is 0.142. The lowest BCUT2D eigenvalue weighted by molar-refractivity contribution is -0.239. The molecule has 1 fully saturated rings. The first-order valence-corrected chi connectivity index (χ1v) is 11.8. The fourth-order valence-corrected chi connectivity index (χ4v) is 4.94. The van der Waals surface area contributed by atoms with Gasteiger partial charge in [0.2, 0.25) is 0 Å². The molecule has 0 amide bonds. The van der Waals surface area contributed by atoms with Crippen LogP contribution >= 0.6 is 0 Å². The van der Waals surface area contributed by atoms with Crippen LogP contribution in [0.1, 0.15) is 11.1 Å². The lowest BCUT2D eigenvalue weighted by Crippen LogP contribution is -2.55. The van der Waals surface area contributed by atoms with Crippen molar-refractivity contribution in [2.45, 2.75) is 48.2 Å². The summed E-state index contributed by atoms with van der Waals surface area (Å²) >= 11 is 0. The molecule has 2 aromatic rings. The first-order valence-electron chi connectivity index (χ1n) is 8.97. The van der Waals surface area contributed by atoms with E-state index in [2.05, 4.69) is 0 Å². The molecule has 1 aliphatic rings. The predicted molar refractivity (Wildman–Crippen MR) is 104 cm³/mol. The van der Waals surface area contributed by atoms with Crippen LogP contribution in [0, 0.1) is 13.8 Å². The van der Waals surface area contributed by atoms with Gasteiger partial charge in [0.25, 0.3) is 20.2 Å². The quantitative estimate of drug-likeness (QED) is 0.604. The summed E-state index contributed by atoms with van der Waals surface area (Å²) in [5, 5.41) is 20.5. The highest BCUT2D eigenvalue weighted by molar-refractivity contribution is 7.87. The molecule has 0 saturated carbocycles. The van der Waals surface area contributed by atoms with Gasteiger partial charge >= 0.3 is 0 Å². The van der Waals surface area contributed by atoms with Crippen LogP contribution < -0.4 is 0 Å². The molecule has 3 rings (SSSR count). The van der Waals surface area contributed by atoms with Gasteiger partial charge in [-0.1, -0.05) is 35.4 Å². The third kappa shape index (κ3) is 5.06. The molecule has 1 heterocycles. The van der Waals surface area contributed by atoms with Crippen LogP contribution in [-0.4, -0.2) is 58.3 Å². The van der Waals surface area contributed by atoms with E-state index in [1.54, 1.807) is 38.1 Å². The molecule has 4 atom stereocenters. The highest BCUT2D eigenvalue weighted by atomic mass is 32.2. The predicted octanol–water partition coefficient (Wildman–Crippen LogP) is 0.861. The van der Waals surface area contributed by atoms with Crippen LogP contribution in [0.5, 0.6) is 0 Å². The Hall–Kier alpha value is -1.86. The number of aryl methyl sites for hydroxylation is 2. The Morgan fingerprint density at radius 3 is 1.70 bits per heavy atom. The summed E-state index contributed by atoms with van der Waals surface area (Å²) in [5.41, 5.74) is 1.66. The fourth-order valence-electron chi connectivity index (χ4n) is 2.79. The van der Waals surface area contributed by atoms with Crippen molar-refractivity contribution in [3.8, 4) is 0 Å². The molecule has 164 valence electrons. The Morgan fingerprint density at radius 1 is 0.800 bits per heavy atom. The number of aliphatic hydroxyl groups is 2. The number of hydrogen-bond acceptors (Lipinski definition) is 9. The molecule has 9 nitrogen and oxygen atoms in total. The molecule has 0 radical (unpaired) electrons. The van der Waals surface area contributed by atoms with Gasteiger partial charge in [-0.2, -0.15) is 16.8 Å². The number of aliphatic hydroxyl groups excluding tert-OH is 2. The fraction of sp³-hybridized carbons (Fsp3) is 0.368. The average molecular weight is 459 g/mol. The van der Waals surface area contributed by atoms with Crippen molar-refractivity contribution in [1.82, 2.24) is 0 Å². The summed E-state index contributed by atoms with van der Waals surface area (Å²) in [7, 11) is -8.65. The maximum Gasteiger partial charge on any atom is 0.297 e. The largest absolute Gasteiger partial charge is 0.387 e. The summed E-state index contributed by atoms with van der Waals surface area (Å²) in [6, 6.07) is 11.6. The van der Waals surface area contributed by atoms with E-state index in [1.807, 2.05) is 0 Å². The minimum Gasteiger partial charge on any atom is -0.387 e. The first-order chi connectivity index (χ1) is 14.0. The van der Waals surface area contributed by atoms with Gasteiger partial charge in [0, 0.05) is 0 Å². The molecule has 2 aromatic carbocycles. The number of hydrogen-bond donors (Lipinski definition) is 2. The summed E-state index contributed by atoms with van der Waals surface area (Å²) in [4.78, 5) is -0.334. The first kappa shape index (κ1) is 22.8. The van der Waals surface area contributed by atoms with Gasteiger partial charge in [-0.15, -0.1) is 0 Å². The summed E-state index contributed by atoms with van der Waals surface area (Å²) in [5.74, 6) is 0. The zero-order chi connectivity index (χ0) is 22.1. The average Bonchev–Trinajstić information content (AvgIpc) is 2.68. The van der Waals surface area contributed by atoms with Gasteiger partial charge in [-0.05, 0) is 38.1 Å². The summed E-state index contributed by atoms with van der Waals surface area (Å²) in [6.45, 7) is 3.07. The van der Waals surface area contributed by atoms with Crippen molar-refractivity contribution in [3.05, 3.63) is 59.7 Å². The Bertz CT molecular complexity index is 1080. The van der Waals surface area contributed by atoms with E-state index in [4.69, 9.17) is 13.1 Å². The van der Waals surface area contributed by atoms with Crippen LogP contribution in [-0.2, 0) is 33.3 Å². The van der Waals surface area contributed by atoms with Crippen LogP contribution in [0.4, 0.5) is 0 Å². The molecule has 11 heteroatoms. The van der Waals surface area contributed by atoms with Crippen molar-refractivity contribution in [2.75, 3.05) is 6.61 Å². The van der Waals surface area contributed by atoms with Crippen LogP contribution in [0.3, 0.4) is 0 Å². The van der Waals surface area contributed by atoms with E-state index in [-0.39, 0.29) is 9.79 Å². The second-order valence-corrected chi connectivity index (χ2v) is 10.1. The van der Waals surface area contributed by atoms with Crippen molar-refractivity contribution in [1.29, 1.82) is 0 Å². The number of rotatable bonds is 6. The minimum atomic E-state index is -4.37. The van der Waals surface area contributed by atoms with Crippen molar-refractivity contribution >= 4 is 20.2 Å². The van der Waals surface area contributed by atoms with E-state index in [0.717, 1.165) is 11.1 Å². The van der Waals surface area contributed by atoms with E-state index >= 15 is 0 Å². The SMILES string of the molecule is Cc1ccc(S(=O)(=O)O[C@@H]2[C@@H](O)[C@H](OS(=O)(=O)c3ccc(C)cc3)CO[C@@H]2O)cc1. The zero-order valence-corrected chi connectivity index (χ0v) is 17.8. The standard InChI is InChI=1S/C19H22O9S2/c1-12-3-7-14(8-4-12)29(22,23)27-16-11-26-19(21)18(17(16)20)28-30(24,25)15-9-5-13(2)6-10-15/h3-10,16-21H,11H2,1-2H3/t16-,17+,18-,19+/m1/s1. The van der Waals surface area contributed by atoms with E-state index < -0.39 is 51.4 Å². The molecule has 30 heavy (non-hydrogen) atoms. The highest BCUT2D eigenvalue weighted by Crippen LogP contribution is 2.26. The molecule has 2 N–H and O–H groups in total. The second kappa shape index (κ2) is 8.71. The van der Waals surface area contributed by atoms with Crippen LogP contribution in [0.2, 0.25) is 0 Å². The topological polar surface area (TPSA) is 136 Å². The van der Waals surface area contributed by atoms with Crippen molar-refractivity contribution < 1.29 is 40.2 Å². The van der Waals surface area contributed by atoms with Gasteiger partial charge in [-0.3, -0.25) is 8.37 Å². The number of benzene rings is 2. The smallest absolute Gasteiger partial charge is 0.297 e. The van der Waals surface area contributed by atoms with Gasteiger partial charge in [0.15, 0.2) is 12.4 Å². The monoisotopic (exact) mass is 458 g/mol. The van der Waals surface area contributed by atoms with E-state index in [9.17, 15) is 27.0 Å². The summed E-state index contributed by atoms with van der Waals surface area (Å²) < 4.78 is 64.9. The molecule has 1 aliphatic heterocycles. The molecular weight excluding hydrogens is 436 g/mol. The van der Waals surface area contributed by atoms with Crippen molar-refractivity contribution in [3.63, 3.8) is 0 Å². The Morgan fingerprint density at radius 2 is 1.23 bits per heavy atom. The lowest BCUT2D eigenvalue weighted by atomic mass is 10.1. The highest BCUT2D eigenvalue weighted by Gasteiger charge is 2.45. The maximum absolute atomic E-state index is 12.5. The van der Waals surface area contributed by atoms with Gasteiger partial charge in [0.05, 0.1) is 16.4 Å². The van der Waals surface area contributed by atoms with Gasteiger partial charge < -0.3 is 14.9 Å².